The maximum absolute atomic E-state index is 5.58. The second kappa shape index (κ2) is 5.65. The molecule has 1 aliphatic heterocycles. The van der Waals surface area contributed by atoms with Crippen LogP contribution in [0.25, 0.3) is 0 Å². The Balaban J connectivity index is 1.83. The van der Waals surface area contributed by atoms with Crippen LogP contribution in [-0.2, 0) is 6.42 Å². The van der Waals surface area contributed by atoms with Crippen LogP contribution in [-0.4, -0.2) is 38.8 Å². The third kappa shape index (κ3) is 2.28. The lowest BCUT2D eigenvalue weighted by Crippen LogP contribution is -2.26. The molecule has 110 valence electrons. The van der Waals surface area contributed by atoms with E-state index < -0.39 is 0 Å². The molecule has 2 aliphatic rings. The Hall–Kier alpha value is -1.22. The van der Waals surface area contributed by atoms with Gasteiger partial charge >= 0.3 is 0 Å². The number of hydrogen-bond acceptors (Lipinski definition) is 3. The maximum atomic E-state index is 5.58. The van der Waals surface area contributed by atoms with E-state index in [0.29, 0.717) is 5.92 Å². The summed E-state index contributed by atoms with van der Waals surface area (Å²) in [4.78, 5) is 2.53. The molecule has 0 aromatic heterocycles. The molecule has 1 heterocycles. The fourth-order valence-electron chi connectivity index (χ4n) is 3.97. The van der Waals surface area contributed by atoms with Crippen LogP contribution in [0.15, 0.2) is 12.1 Å². The topological polar surface area (TPSA) is 21.7 Å². The Morgan fingerprint density at radius 2 is 2.05 bits per heavy atom. The van der Waals surface area contributed by atoms with Gasteiger partial charge in [-0.1, -0.05) is 6.07 Å². The van der Waals surface area contributed by atoms with Crippen LogP contribution >= 0.6 is 0 Å². The standard InChI is InChI=1S/C17H25NO2/c1-18-10-4-5-13(18)11-12-6-7-15-14(12)8-9-16(19-2)17(15)20-3/h8-9,12-13H,4-7,10-11H2,1-3H3/t12?,13-/m1/s1. The van der Waals surface area contributed by atoms with Gasteiger partial charge in [0.05, 0.1) is 14.2 Å². The quantitative estimate of drug-likeness (QED) is 0.842. The molecule has 0 spiro atoms. The number of methoxy groups -OCH3 is 2. The lowest BCUT2D eigenvalue weighted by atomic mass is 9.92. The van der Waals surface area contributed by atoms with Crippen LogP contribution in [0, 0.1) is 0 Å². The highest BCUT2D eigenvalue weighted by Gasteiger charge is 2.31. The Morgan fingerprint density at radius 3 is 2.70 bits per heavy atom. The first kappa shape index (κ1) is 13.7. The summed E-state index contributed by atoms with van der Waals surface area (Å²) < 4.78 is 11.0. The molecule has 0 bridgehead atoms. The first-order valence-electron chi connectivity index (χ1n) is 7.68. The summed E-state index contributed by atoms with van der Waals surface area (Å²) in [6.07, 6.45) is 6.38. The molecule has 3 heteroatoms. The molecular formula is C17H25NO2. The van der Waals surface area contributed by atoms with Crippen LogP contribution in [0.5, 0.6) is 11.5 Å². The predicted octanol–water partition coefficient (Wildman–Crippen LogP) is 3.22. The van der Waals surface area contributed by atoms with Crippen molar-refractivity contribution in [1.82, 2.24) is 4.90 Å². The molecule has 1 fully saturated rings. The van der Waals surface area contributed by atoms with E-state index in [1.807, 2.05) is 0 Å². The number of likely N-dealkylation sites (tertiary alicyclic amines) is 1. The Labute approximate surface area is 121 Å². The van der Waals surface area contributed by atoms with Crippen molar-refractivity contribution in [2.24, 2.45) is 0 Å². The van der Waals surface area contributed by atoms with Crippen LogP contribution in [0.2, 0.25) is 0 Å². The average molecular weight is 275 g/mol. The number of hydrogen-bond donors (Lipinski definition) is 0. The number of rotatable bonds is 4. The van der Waals surface area contributed by atoms with E-state index in [2.05, 4.69) is 24.1 Å². The molecule has 3 nitrogen and oxygen atoms in total. The fraction of sp³-hybridized carbons (Fsp3) is 0.647. The first-order valence-corrected chi connectivity index (χ1v) is 7.68. The van der Waals surface area contributed by atoms with Crippen LogP contribution in [0.3, 0.4) is 0 Å². The zero-order valence-electron chi connectivity index (χ0n) is 12.8. The van der Waals surface area contributed by atoms with Crippen molar-refractivity contribution in [1.29, 1.82) is 0 Å². The van der Waals surface area contributed by atoms with Crippen molar-refractivity contribution in [3.05, 3.63) is 23.3 Å². The van der Waals surface area contributed by atoms with Gasteiger partial charge in [0.15, 0.2) is 11.5 Å². The summed E-state index contributed by atoms with van der Waals surface area (Å²) in [6.45, 7) is 1.26. The van der Waals surface area contributed by atoms with Gasteiger partial charge in [-0.05, 0) is 63.2 Å². The minimum atomic E-state index is 0.690. The summed E-state index contributed by atoms with van der Waals surface area (Å²) in [6, 6.07) is 5.08. The van der Waals surface area contributed by atoms with E-state index in [1.165, 1.54) is 43.4 Å². The van der Waals surface area contributed by atoms with Crippen molar-refractivity contribution in [3.8, 4) is 11.5 Å². The molecule has 3 rings (SSSR count). The van der Waals surface area contributed by atoms with E-state index in [-0.39, 0.29) is 0 Å². The number of nitrogens with zero attached hydrogens (tertiary/aromatic N) is 1. The van der Waals surface area contributed by atoms with E-state index >= 15 is 0 Å². The summed E-state index contributed by atoms with van der Waals surface area (Å²) >= 11 is 0. The lowest BCUT2D eigenvalue weighted by molar-refractivity contribution is 0.281. The molecule has 2 atom stereocenters. The summed E-state index contributed by atoms with van der Waals surface area (Å²) in [5.74, 6) is 2.51. The minimum Gasteiger partial charge on any atom is -0.493 e. The monoisotopic (exact) mass is 275 g/mol. The second-order valence-corrected chi connectivity index (χ2v) is 6.12. The molecule has 1 saturated heterocycles. The van der Waals surface area contributed by atoms with Crippen LogP contribution < -0.4 is 9.47 Å². The van der Waals surface area contributed by atoms with E-state index in [0.717, 1.165) is 24.0 Å². The largest absolute Gasteiger partial charge is 0.493 e. The fourth-order valence-corrected chi connectivity index (χ4v) is 3.97. The zero-order valence-corrected chi connectivity index (χ0v) is 12.8. The molecule has 20 heavy (non-hydrogen) atoms. The van der Waals surface area contributed by atoms with Gasteiger partial charge < -0.3 is 14.4 Å². The van der Waals surface area contributed by atoms with Gasteiger partial charge in [-0.2, -0.15) is 0 Å². The van der Waals surface area contributed by atoms with Gasteiger partial charge in [0, 0.05) is 11.6 Å². The molecule has 0 N–H and O–H groups in total. The number of benzene rings is 1. The number of ether oxygens (including phenoxy) is 2. The molecule has 0 radical (unpaired) electrons. The highest BCUT2D eigenvalue weighted by atomic mass is 16.5. The first-order chi connectivity index (χ1) is 9.74. The maximum Gasteiger partial charge on any atom is 0.164 e. The Morgan fingerprint density at radius 1 is 1.20 bits per heavy atom. The highest BCUT2D eigenvalue weighted by molar-refractivity contribution is 5.54. The molecule has 0 amide bonds. The highest BCUT2D eigenvalue weighted by Crippen LogP contribution is 2.45. The molecule has 1 aromatic carbocycles. The SMILES string of the molecule is COc1ccc2c(c1OC)CCC2C[C@H]1CCCN1C. The molecule has 0 saturated carbocycles. The zero-order chi connectivity index (χ0) is 14.1. The Bertz CT molecular complexity index is 486. The molecule has 1 aromatic rings. The third-order valence-corrected chi connectivity index (χ3v) is 5.10. The van der Waals surface area contributed by atoms with Crippen molar-refractivity contribution in [2.45, 2.75) is 44.1 Å². The van der Waals surface area contributed by atoms with Crippen LogP contribution in [0.4, 0.5) is 0 Å². The average Bonchev–Trinajstić information content (AvgIpc) is 3.05. The minimum absolute atomic E-state index is 0.690. The molecule has 1 aliphatic carbocycles. The van der Waals surface area contributed by atoms with Crippen LogP contribution in [0.1, 0.15) is 42.7 Å². The lowest BCUT2D eigenvalue weighted by Gasteiger charge is -2.23. The normalized spacial score (nSPS) is 25.8. The van der Waals surface area contributed by atoms with Crippen molar-refractivity contribution in [2.75, 3.05) is 27.8 Å². The van der Waals surface area contributed by atoms with Gasteiger partial charge in [0.25, 0.3) is 0 Å². The third-order valence-electron chi connectivity index (χ3n) is 5.10. The van der Waals surface area contributed by atoms with Gasteiger partial charge in [-0.3, -0.25) is 0 Å². The van der Waals surface area contributed by atoms with Crippen molar-refractivity contribution < 1.29 is 9.47 Å². The van der Waals surface area contributed by atoms with Gasteiger partial charge in [-0.25, -0.2) is 0 Å². The van der Waals surface area contributed by atoms with Crippen molar-refractivity contribution >= 4 is 0 Å². The second-order valence-electron chi connectivity index (χ2n) is 6.12. The Kier molecular flexibility index (Phi) is 3.88. The van der Waals surface area contributed by atoms with E-state index in [4.69, 9.17) is 9.47 Å². The predicted molar refractivity (Wildman–Crippen MR) is 80.9 cm³/mol. The van der Waals surface area contributed by atoms with Gasteiger partial charge in [0.1, 0.15) is 0 Å². The van der Waals surface area contributed by atoms with Crippen molar-refractivity contribution in [3.63, 3.8) is 0 Å². The smallest absolute Gasteiger partial charge is 0.164 e. The van der Waals surface area contributed by atoms with Gasteiger partial charge in [-0.15, -0.1) is 0 Å². The summed E-state index contributed by atoms with van der Waals surface area (Å²) in [5.41, 5.74) is 2.86. The summed E-state index contributed by atoms with van der Waals surface area (Å²) in [7, 11) is 5.72. The molecular weight excluding hydrogens is 250 g/mol. The molecule has 1 unspecified atom stereocenters. The van der Waals surface area contributed by atoms with E-state index in [1.54, 1.807) is 14.2 Å². The van der Waals surface area contributed by atoms with Gasteiger partial charge in [0.2, 0.25) is 0 Å². The van der Waals surface area contributed by atoms with E-state index in [9.17, 15) is 0 Å². The summed E-state index contributed by atoms with van der Waals surface area (Å²) in [5, 5.41) is 0. The number of fused-ring (bicyclic) bond motifs is 1.